The van der Waals surface area contributed by atoms with Gasteiger partial charge in [0.25, 0.3) is 11.5 Å². The molecule has 0 aliphatic carbocycles. The first-order chi connectivity index (χ1) is 19.8. The van der Waals surface area contributed by atoms with E-state index >= 15 is 0 Å². The largest absolute Gasteiger partial charge is 0.403 e. The zero-order chi connectivity index (χ0) is 29.1. The average molecular weight is 577 g/mol. The van der Waals surface area contributed by atoms with Crippen LogP contribution in [-0.4, -0.2) is 38.6 Å². The third kappa shape index (κ3) is 5.57. The summed E-state index contributed by atoms with van der Waals surface area (Å²) in [5, 5.41) is 11.1. The van der Waals surface area contributed by atoms with Crippen LogP contribution in [0.2, 0.25) is 0 Å². The van der Waals surface area contributed by atoms with Gasteiger partial charge in [0.05, 0.1) is 11.8 Å². The number of ether oxygens (including phenoxy) is 3. The summed E-state index contributed by atoms with van der Waals surface area (Å²) in [4.78, 5) is 68.0. The quantitative estimate of drug-likeness (QED) is 0.312. The molecule has 0 saturated carbocycles. The van der Waals surface area contributed by atoms with E-state index in [1.807, 2.05) is 0 Å². The molecule has 4 aromatic rings. The van der Waals surface area contributed by atoms with E-state index in [2.05, 4.69) is 4.98 Å². The summed E-state index contributed by atoms with van der Waals surface area (Å²) < 4.78 is 31.2. The van der Waals surface area contributed by atoms with Gasteiger partial charge < -0.3 is 14.2 Å². The molecule has 0 radical (unpaired) electrons. The van der Waals surface area contributed by atoms with Gasteiger partial charge in [0.15, 0.2) is 0 Å². The second-order valence-corrected chi connectivity index (χ2v) is 9.48. The first-order valence-electron chi connectivity index (χ1n) is 12.0. The summed E-state index contributed by atoms with van der Waals surface area (Å²) in [5.74, 6) is -4.98. The minimum atomic E-state index is -1.46. The van der Waals surface area contributed by atoms with Crippen molar-refractivity contribution < 1.29 is 33.0 Å². The Hall–Kier alpha value is -5.26. The first kappa shape index (κ1) is 27.3. The summed E-state index contributed by atoms with van der Waals surface area (Å²) in [5.41, 5.74) is -3.22. The lowest BCUT2D eigenvalue weighted by atomic mass is 10.1. The molecule has 14 heteroatoms. The molecule has 0 bridgehead atoms. The van der Waals surface area contributed by atoms with Crippen LogP contribution >= 0.6 is 11.3 Å². The predicted molar refractivity (Wildman–Crippen MR) is 139 cm³/mol. The van der Waals surface area contributed by atoms with Gasteiger partial charge in [0.1, 0.15) is 22.7 Å². The average Bonchev–Trinajstić information content (AvgIpc) is 3.71. The maximum atomic E-state index is 14.4. The number of thiophene rings is 1. The highest BCUT2D eigenvalue weighted by atomic mass is 32.1. The van der Waals surface area contributed by atoms with Crippen LogP contribution in [-0.2, 0) is 4.74 Å². The van der Waals surface area contributed by atoms with Crippen molar-refractivity contribution in [3.05, 3.63) is 108 Å². The maximum Gasteiger partial charge on any atom is 0.355 e. The molecule has 41 heavy (non-hydrogen) atoms. The number of pyridine rings is 1. The Morgan fingerprint density at radius 2 is 1.88 bits per heavy atom. The SMILES string of the molecule is N#Cc1ccc(OC(=O)c2cccs2)nc1OC(=O)c1cccc(C(=O)n2c(=O)c(F)cn(C3CCCO3)c2=O)c1. The molecule has 0 amide bonds. The number of hydrogen-bond acceptors (Lipinski definition) is 11. The van der Waals surface area contributed by atoms with E-state index < -0.39 is 47.0 Å². The van der Waals surface area contributed by atoms with E-state index in [0.717, 1.165) is 22.0 Å². The Bertz CT molecular complexity index is 1840. The standard InChI is InChI=1S/C27H17FN4O8S/c28-18-14-31(21-7-2-10-38-21)27(37)32(24(18)34)23(33)15-4-1-5-16(12-15)25(35)40-22-17(13-29)8-9-20(30-22)39-26(36)19-6-3-11-41-19/h1,3-6,8-9,11-12,14,21H,2,7,10H2. The van der Waals surface area contributed by atoms with Gasteiger partial charge >= 0.3 is 17.6 Å². The monoisotopic (exact) mass is 576 g/mol. The molecule has 1 unspecified atom stereocenters. The van der Waals surface area contributed by atoms with E-state index in [9.17, 15) is 33.6 Å². The van der Waals surface area contributed by atoms with Crippen molar-refractivity contribution in [1.82, 2.24) is 14.1 Å². The second-order valence-electron chi connectivity index (χ2n) is 8.53. The van der Waals surface area contributed by atoms with Gasteiger partial charge in [-0.2, -0.15) is 19.2 Å². The summed E-state index contributed by atoms with van der Waals surface area (Å²) >= 11 is 1.14. The van der Waals surface area contributed by atoms with E-state index in [0.29, 0.717) is 30.5 Å². The highest BCUT2D eigenvalue weighted by molar-refractivity contribution is 7.12. The molecule has 3 aromatic heterocycles. The molecule has 1 aromatic carbocycles. The van der Waals surface area contributed by atoms with Crippen molar-refractivity contribution in [2.45, 2.75) is 19.1 Å². The van der Waals surface area contributed by atoms with Crippen molar-refractivity contribution in [3.63, 3.8) is 0 Å². The molecule has 206 valence electrons. The number of nitriles is 1. The zero-order valence-corrected chi connectivity index (χ0v) is 21.6. The Morgan fingerprint density at radius 1 is 1.07 bits per heavy atom. The van der Waals surface area contributed by atoms with Crippen molar-refractivity contribution in [2.24, 2.45) is 0 Å². The Kier molecular flexibility index (Phi) is 7.64. The van der Waals surface area contributed by atoms with Crippen LogP contribution in [0.3, 0.4) is 0 Å². The van der Waals surface area contributed by atoms with Crippen LogP contribution in [0.5, 0.6) is 11.8 Å². The van der Waals surface area contributed by atoms with Gasteiger partial charge in [-0.25, -0.2) is 14.4 Å². The minimum absolute atomic E-state index is 0.127. The molecule has 1 fully saturated rings. The van der Waals surface area contributed by atoms with Gasteiger partial charge in [0.2, 0.25) is 17.6 Å². The van der Waals surface area contributed by atoms with Crippen LogP contribution in [0.25, 0.3) is 0 Å². The summed E-state index contributed by atoms with van der Waals surface area (Å²) in [6, 6.07) is 12.3. The summed E-state index contributed by atoms with van der Waals surface area (Å²) in [6.45, 7) is 0.332. The van der Waals surface area contributed by atoms with Crippen molar-refractivity contribution in [2.75, 3.05) is 6.61 Å². The molecule has 5 rings (SSSR count). The van der Waals surface area contributed by atoms with Crippen LogP contribution in [0.1, 0.15) is 55.0 Å². The van der Waals surface area contributed by atoms with E-state index in [1.54, 1.807) is 23.6 Å². The normalized spacial score (nSPS) is 14.3. The molecule has 1 saturated heterocycles. The van der Waals surface area contributed by atoms with E-state index in [-0.39, 0.29) is 27.1 Å². The second kappa shape index (κ2) is 11.5. The topological polar surface area (TPSA) is 160 Å². The van der Waals surface area contributed by atoms with Crippen LogP contribution in [0, 0.1) is 17.1 Å². The maximum absolute atomic E-state index is 14.4. The first-order valence-corrected chi connectivity index (χ1v) is 12.8. The predicted octanol–water partition coefficient (Wildman–Crippen LogP) is 2.91. The van der Waals surface area contributed by atoms with Crippen molar-refractivity contribution in [3.8, 4) is 17.8 Å². The fraction of sp³-hybridized carbons (Fsp3) is 0.148. The number of carbonyl (C=O) groups excluding carboxylic acids is 3. The lowest BCUT2D eigenvalue weighted by Crippen LogP contribution is -2.46. The smallest absolute Gasteiger partial charge is 0.355 e. The van der Waals surface area contributed by atoms with Crippen LogP contribution in [0.4, 0.5) is 4.39 Å². The highest BCUT2D eigenvalue weighted by Crippen LogP contribution is 2.23. The van der Waals surface area contributed by atoms with E-state index in [4.69, 9.17) is 14.2 Å². The van der Waals surface area contributed by atoms with Crippen molar-refractivity contribution >= 4 is 29.2 Å². The summed E-state index contributed by atoms with van der Waals surface area (Å²) in [6.07, 6.45) is 0.864. The number of benzene rings is 1. The molecule has 1 aliphatic heterocycles. The summed E-state index contributed by atoms with van der Waals surface area (Å²) in [7, 11) is 0. The number of esters is 2. The molecule has 12 nitrogen and oxygen atoms in total. The van der Waals surface area contributed by atoms with Crippen LogP contribution < -0.4 is 20.7 Å². The molecular formula is C27H17FN4O8S. The van der Waals surface area contributed by atoms with Gasteiger partial charge in [0, 0.05) is 18.2 Å². The van der Waals surface area contributed by atoms with Gasteiger partial charge in [-0.3, -0.25) is 14.2 Å². The number of rotatable bonds is 6. The number of halogens is 1. The molecule has 4 heterocycles. The lowest BCUT2D eigenvalue weighted by molar-refractivity contribution is 0.0501. The Labute approximate surface area is 233 Å². The molecular weight excluding hydrogens is 559 g/mol. The molecule has 0 N–H and O–H groups in total. The fourth-order valence-electron chi connectivity index (χ4n) is 3.95. The fourth-order valence-corrected chi connectivity index (χ4v) is 4.54. The third-order valence-corrected chi connectivity index (χ3v) is 6.75. The lowest BCUT2D eigenvalue weighted by Gasteiger charge is -2.15. The number of hydrogen-bond donors (Lipinski definition) is 0. The zero-order valence-electron chi connectivity index (χ0n) is 20.8. The van der Waals surface area contributed by atoms with Crippen LogP contribution in [0.15, 0.2) is 69.7 Å². The third-order valence-electron chi connectivity index (χ3n) is 5.90. The molecule has 1 atom stereocenters. The Morgan fingerprint density at radius 3 is 2.59 bits per heavy atom. The van der Waals surface area contributed by atoms with Gasteiger partial charge in [-0.15, -0.1) is 11.3 Å². The highest BCUT2D eigenvalue weighted by Gasteiger charge is 2.26. The molecule has 1 aliphatic rings. The Balaban J connectivity index is 1.41. The van der Waals surface area contributed by atoms with E-state index in [1.165, 1.54) is 30.3 Å². The van der Waals surface area contributed by atoms with Gasteiger partial charge in [-0.1, -0.05) is 12.1 Å². The molecule has 0 spiro atoms. The number of aromatic nitrogens is 3. The van der Waals surface area contributed by atoms with Crippen molar-refractivity contribution in [1.29, 1.82) is 5.26 Å². The minimum Gasteiger partial charge on any atom is -0.403 e. The number of carbonyl (C=O) groups is 3. The number of nitrogens with zero attached hydrogens (tertiary/aromatic N) is 4. The van der Waals surface area contributed by atoms with Gasteiger partial charge in [-0.05, 0) is 48.6 Å².